The molecule has 1 spiro atoms. The van der Waals surface area contributed by atoms with Crippen molar-refractivity contribution in [2.75, 3.05) is 40.3 Å². The van der Waals surface area contributed by atoms with Crippen LogP contribution >= 0.6 is 0 Å². The lowest BCUT2D eigenvalue weighted by molar-refractivity contribution is -0.129. The van der Waals surface area contributed by atoms with E-state index in [1.165, 1.54) is 0 Å². The van der Waals surface area contributed by atoms with Gasteiger partial charge in [0.2, 0.25) is 5.91 Å². The number of rotatable bonds is 2. The number of amides is 1. The molecule has 1 N–H and O–H groups in total. The van der Waals surface area contributed by atoms with Crippen molar-refractivity contribution >= 4 is 5.91 Å². The number of nitrogens with zero attached hydrogens (tertiary/aromatic N) is 4. The molecule has 0 aliphatic carbocycles. The number of nitrogens with one attached hydrogen (secondary N) is 1. The smallest absolute Gasteiger partial charge is 0.222 e. The van der Waals surface area contributed by atoms with E-state index in [2.05, 4.69) is 26.8 Å². The average molecular weight is 291 g/mol. The number of aromatic nitrogens is 2. The molecule has 2 aliphatic rings. The van der Waals surface area contributed by atoms with Crippen LogP contribution in [0.4, 0.5) is 0 Å². The van der Waals surface area contributed by atoms with Crippen LogP contribution < -0.4 is 0 Å². The highest BCUT2D eigenvalue weighted by Crippen LogP contribution is 2.32. The minimum Gasteiger partial charge on any atom is -0.348 e. The molecule has 2 saturated heterocycles. The van der Waals surface area contributed by atoms with Crippen molar-refractivity contribution in [3.8, 4) is 0 Å². The van der Waals surface area contributed by atoms with Crippen molar-refractivity contribution < 1.29 is 4.79 Å². The van der Waals surface area contributed by atoms with Crippen LogP contribution in [-0.4, -0.2) is 76.4 Å². The molecule has 3 heterocycles. The second-order valence-corrected chi connectivity index (χ2v) is 6.46. The van der Waals surface area contributed by atoms with Crippen LogP contribution in [0.2, 0.25) is 0 Å². The summed E-state index contributed by atoms with van der Waals surface area (Å²) in [5.74, 6) is 1.31. The van der Waals surface area contributed by atoms with Crippen molar-refractivity contribution in [1.29, 1.82) is 0 Å². The van der Waals surface area contributed by atoms with Crippen LogP contribution in [-0.2, 0) is 11.3 Å². The van der Waals surface area contributed by atoms with E-state index in [1.807, 2.05) is 18.1 Å². The second kappa shape index (κ2) is 5.77. The fraction of sp³-hybridized carbons (Fsp3) is 0.733. The predicted molar refractivity (Wildman–Crippen MR) is 80.7 cm³/mol. The second-order valence-electron chi connectivity index (χ2n) is 6.46. The monoisotopic (exact) mass is 291 g/mol. The van der Waals surface area contributed by atoms with Crippen molar-refractivity contribution in [3.05, 3.63) is 18.2 Å². The largest absolute Gasteiger partial charge is 0.348 e. The number of imidazole rings is 1. The summed E-state index contributed by atoms with van der Waals surface area (Å²) >= 11 is 0. The van der Waals surface area contributed by atoms with Crippen LogP contribution in [0.1, 0.15) is 25.1 Å². The molecule has 1 atom stereocenters. The number of aromatic amines is 1. The standard InChI is InChI=1S/C15H25N5O/c1-18-8-5-15(4-3-14(18)21)12-20(10-9-19(15)2)11-13-16-6-7-17-13/h6-7H,3-5,8-12H2,1-2H3,(H,16,17). The van der Waals surface area contributed by atoms with Gasteiger partial charge in [0, 0.05) is 57.6 Å². The van der Waals surface area contributed by atoms with Crippen molar-refractivity contribution in [2.45, 2.75) is 31.3 Å². The van der Waals surface area contributed by atoms with Crippen LogP contribution in [0.3, 0.4) is 0 Å². The van der Waals surface area contributed by atoms with Gasteiger partial charge in [-0.05, 0) is 19.9 Å². The Morgan fingerprint density at radius 3 is 2.90 bits per heavy atom. The number of hydrogen-bond acceptors (Lipinski definition) is 4. The summed E-state index contributed by atoms with van der Waals surface area (Å²) in [6, 6.07) is 0. The number of piperazine rings is 1. The zero-order valence-corrected chi connectivity index (χ0v) is 13.0. The van der Waals surface area contributed by atoms with E-state index in [-0.39, 0.29) is 11.4 Å². The van der Waals surface area contributed by atoms with E-state index in [0.29, 0.717) is 6.42 Å². The van der Waals surface area contributed by atoms with Gasteiger partial charge < -0.3 is 9.88 Å². The van der Waals surface area contributed by atoms with Crippen LogP contribution in [0.15, 0.2) is 12.4 Å². The Kier molecular flexibility index (Phi) is 3.99. The van der Waals surface area contributed by atoms with Crippen molar-refractivity contribution in [2.24, 2.45) is 0 Å². The highest BCUT2D eigenvalue weighted by molar-refractivity contribution is 5.76. The molecule has 1 aromatic rings. The summed E-state index contributed by atoms with van der Waals surface area (Å²) in [4.78, 5) is 26.3. The summed E-state index contributed by atoms with van der Waals surface area (Å²) in [5, 5.41) is 0. The Morgan fingerprint density at radius 2 is 2.14 bits per heavy atom. The lowest BCUT2D eigenvalue weighted by Crippen LogP contribution is -2.60. The molecule has 0 radical (unpaired) electrons. The van der Waals surface area contributed by atoms with E-state index in [4.69, 9.17) is 0 Å². The molecule has 0 aromatic carbocycles. The topological polar surface area (TPSA) is 55.5 Å². The molecule has 2 fully saturated rings. The molecule has 1 unspecified atom stereocenters. The van der Waals surface area contributed by atoms with E-state index in [9.17, 15) is 4.79 Å². The third-order valence-corrected chi connectivity index (χ3v) is 5.15. The zero-order chi connectivity index (χ0) is 14.9. The third kappa shape index (κ3) is 2.96. The number of likely N-dealkylation sites (tertiary alicyclic amines) is 1. The number of likely N-dealkylation sites (N-methyl/N-ethyl adjacent to an activating group) is 1. The zero-order valence-electron chi connectivity index (χ0n) is 13.0. The van der Waals surface area contributed by atoms with Gasteiger partial charge in [-0.3, -0.25) is 14.6 Å². The minimum absolute atomic E-state index is 0.130. The third-order valence-electron chi connectivity index (χ3n) is 5.15. The molecule has 3 rings (SSSR count). The van der Waals surface area contributed by atoms with Gasteiger partial charge in [0.05, 0.1) is 6.54 Å². The first-order valence-electron chi connectivity index (χ1n) is 7.75. The number of H-pyrrole nitrogens is 1. The first kappa shape index (κ1) is 14.5. The van der Waals surface area contributed by atoms with Gasteiger partial charge in [0.25, 0.3) is 0 Å². The molecule has 6 heteroatoms. The van der Waals surface area contributed by atoms with Gasteiger partial charge in [0.1, 0.15) is 5.82 Å². The summed E-state index contributed by atoms with van der Waals surface area (Å²) in [6.07, 6.45) is 6.36. The summed E-state index contributed by atoms with van der Waals surface area (Å²) < 4.78 is 0. The molecule has 21 heavy (non-hydrogen) atoms. The molecule has 1 aromatic heterocycles. The number of hydrogen-bond donors (Lipinski definition) is 1. The Labute approximate surface area is 126 Å². The van der Waals surface area contributed by atoms with Gasteiger partial charge in [-0.25, -0.2) is 4.98 Å². The summed E-state index contributed by atoms with van der Waals surface area (Å²) in [7, 11) is 4.13. The first-order valence-corrected chi connectivity index (χ1v) is 7.75. The van der Waals surface area contributed by atoms with E-state index in [1.54, 1.807) is 6.20 Å². The van der Waals surface area contributed by atoms with Gasteiger partial charge in [-0.1, -0.05) is 0 Å². The molecule has 2 aliphatic heterocycles. The average Bonchev–Trinajstić information content (AvgIpc) is 2.94. The first-order chi connectivity index (χ1) is 10.1. The molecule has 6 nitrogen and oxygen atoms in total. The molecule has 0 saturated carbocycles. The fourth-order valence-corrected chi connectivity index (χ4v) is 3.57. The Bertz CT molecular complexity index is 488. The van der Waals surface area contributed by atoms with E-state index < -0.39 is 0 Å². The van der Waals surface area contributed by atoms with Gasteiger partial charge in [0.15, 0.2) is 0 Å². The minimum atomic E-state index is 0.130. The van der Waals surface area contributed by atoms with E-state index in [0.717, 1.165) is 51.4 Å². The maximum Gasteiger partial charge on any atom is 0.222 e. The quantitative estimate of drug-likeness (QED) is 0.864. The Balaban J connectivity index is 1.71. The fourth-order valence-electron chi connectivity index (χ4n) is 3.57. The van der Waals surface area contributed by atoms with Crippen molar-refractivity contribution in [1.82, 2.24) is 24.7 Å². The van der Waals surface area contributed by atoms with Gasteiger partial charge in [-0.15, -0.1) is 0 Å². The highest BCUT2D eigenvalue weighted by Gasteiger charge is 2.41. The molecular formula is C15H25N5O. The van der Waals surface area contributed by atoms with Crippen molar-refractivity contribution in [3.63, 3.8) is 0 Å². The Morgan fingerprint density at radius 1 is 1.29 bits per heavy atom. The maximum atomic E-state index is 12.0. The Hall–Kier alpha value is -1.40. The lowest BCUT2D eigenvalue weighted by atomic mass is 9.86. The summed E-state index contributed by atoms with van der Waals surface area (Å²) in [5.41, 5.74) is 0.130. The van der Waals surface area contributed by atoms with Gasteiger partial charge in [-0.2, -0.15) is 0 Å². The number of carbonyl (C=O) groups is 1. The van der Waals surface area contributed by atoms with Gasteiger partial charge >= 0.3 is 0 Å². The molecule has 0 bridgehead atoms. The summed E-state index contributed by atoms with van der Waals surface area (Å²) in [6.45, 7) is 4.86. The SMILES string of the molecule is CN1CCC2(CCC1=O)CN(Cc1ncc[nH]1)CCN2C. The van der Waals surface area contributed by atoms with E-state index >= 15 is 0 Å². The van der Waals surface area contributed by atoms with Crippen LogP contribution in [0, 0.1) is 0 Å². The predicted octanol–water partition coefficient (Wildman–Crippen LogP) is 0.538. The van der Waals surface area contributed by atoms with Crippen LogP contribution in [0.25, 0.3) is 0 Å². The maximum absolute atomic E-state index is 12.0. The molecule has 116 valence electrons. The lowest BCUT2D eigenvalue weighted by Gasteiger charge is -2.49. The highest BCUT2D eigenvalue weighted by atomic mass is 16.2. The molecule has 1 amide bonds. The van der Waals surface area contributed by atoms with Crippen LogP contribution in [0.5, 0.6) is 0 Å². The normalized spacial score (nSPS) is 29.0. The number of carbonyl (C=O) groups excluding carboxylic acids is 1. The molecular weight excluding hydrogens is 266 g/mol.